The summed E-state index contributed by atoms with van der Waals surface area (Å²) in [6, 6.07) is 18.8. The van der Waals surface area contributed by atoms with Crippen LogP contribution >= 0.6 is 0 Å². The number of aromatic nitrogens is 1. The summed E-state index contributed by atoms with van der Waals surface area (Å²) in [4.78, 5) is 0. The molecule has 0 unspecified atom stereocenters. The minimum absolute atomic E-state index is 0.507. The zero-order chi connectivity index (χ0) is 22.6. The van der Waals surface area contributed by atoms with Crippen LogP contribution in [0.4, 0.5) is 0 Å². The van der Waals surface area contributed by atoms with Gasteiger partial charge in [-0.25, -0.2) is 4.57 Å². The van der Waals surface area contributed by atoms with Gasteiger partial charge < -0.3 is 0 Å². The van der Waals surface area contributed by atoms with E-state index in [1.54, 1.807) is 0 Å². The molecule has 0 saturated heterocycles. The SMILES string of the molecule is Cc1cc(C)c(C)c(-c2cc3c(ccc4ccc(C5CCC(C)(C)CC5)cc43)c[n+]2C)c1. The van der Waals surface area contributed by atoms with E-state index in [-0.39, 0.29) is 0 Å². The Hall–Kier alpha value is -2.67. The third-order valence-electron chi connectivity index (χ3n) is 8.01. The van der Waals surface area contributed by atoms with Gasteiger partial charge in [-0.3, -0.25) is 0 Å². The Morgan fingerprint density at radius 1 is 0.812 bits per heavy atom. The van der Waals surface area contributed by atoms with Gasteiger partial charge >= 0.3 is 0 Å². The Labute approximate surface area is 193 Å². The number of benzene rings is 3. The van der Waals surface area contributed by atoms with Crippen molar-refractivity contribution in [2.75, 3.05) is 0 Å². The summed E-state index contributed by atoms with van der Waals surface area (Å²) in [6.07, 6.45) is 7.59. The van der Waals surface area contributed by atoms with E-state index in [0.717, 1.165) is 0 Å². The van der Waals surface area contributed by atoms with Crippen LogP contribution in [0.25, 0.3) is 32.8 Å². The quantitative estimate of drug-likeness (QED) is 0.227. The molecule has 0 amide bonds. The van der Waals surface area contributed by atoms with Crippen LogP contribution in [0.2, 0.25) is 0 Å². The maximum Gasteiger partial charge on any atom is 0.213 e. The minimum atomic E-state index is 0.507. The third-order valence-corrected chi connectivity index (χ3v) is 8.01. The zero-order valence-corrected chi connectivity index (χ0v) is 20.5. The smallest absolute Gasteiger partial charge is 0.200 e. The summed E-state index contributed by atoms with van der Waals surface area (Å²) in [5.41, 5.74) is 8.72. The molecule has 32 heavy (non-hydrogen) atoms. The second kappa shape index (κ2) is 7.73. The molecule has 4 aromatic rings. The second-order valence-electron chi connectivity index (χ2n) is 11.0. The van der Waals surface area contributed by atoms with Crippen LogP contribution in [-0.2, 0) is 7.05 Å². The van der Waals surface area contributed by atoms with Gasteiger partial charge in [0.05, 0.1) is 0 Å². The van der Waals surface area contributed by atoms with Crippen molar-refractivity contribution in [1.82, 2.24) is 0 Å². The largest absolute Gasteiger partial charge is 0.213 e. The fourth-order valence-electron chi connectivity index (χ4n) is 5.73. The molecule has 1 nitrogen and oxygen atoms in total. The van der Waals surface area contributed by atoms with Gasteiger partial charge in [0, 0.05) is 22.4 Å². The van der Waals surface area contributed by atoms with Crippen LogP contribution in [-0.4, -0.2) is 0 Å². The van der Waals surface area contributed by atoms with E-state index in [1.807, 2.05) is 0 Å². The molecule has 0 atom stereocenters. The first kappa shape index (κ1) is 21.2. The van der Waals surface area contributed by atoms with Gasteiger partial charge in [-0.05, 0) is 97.4 Å². The first-order valence-electron chi connectivity index (χ1n) is 12.2. The fourth-order valence-corrected chi connectivity index (χ4v) is 5.73. The maximum atomic E-state index is 2.50. The Bertz CT molecular complexity index is 1330. The predicted octanol–water partition coefficient (Wildman–Crippen LogP) is 8.09. The van der Waals surface area contributed by atoms with E-state index in [1.165, 1.54) is 80.7 Å². The molecule has 5 rings (SSSR count). The molecule has 0 spiro atoms. The monoisotopic (exact) mass is 422 g/mol. The zero-order valence-electron chi connectivity index (χ0n) is 20.5. The Kier molecular flexibility index (Phi) is 5.12. The number of aryl methyl sites for hydroxylation is 3. The molecular formula is C31H36N+. The molecule has 1 heterocycles. The lowest BCUT2D eigenvalue weighted by molar-refractivity contribution is -0.659. The van der Waals surface area contributed by atoms with Gasteiger partial charge in [-0.1, -0.05) is 49.7 Å². The highest BCUT2D eigenvalue weighted by molar-refractivity contribution is 6.08. The van der Waals surface area contributed by atoms with Crippen LogP contribution in [0, 0.1) is 26.2 Å². The summed E-state index contributed by atoms with van der Waals surface area (Å²) in [5, 5.41) is 5.42. The van der Waals surface area contributed by atoms with E-state index in [2.05, 4.69) is 101 Å². The van der Waals surface area contributed by atoms with Crippen molar-refractivity contribution in [2.24, 2.45) is 12.5 Å². The number of pyridine rings is 1. The predicted molar refractivity (Wildman–Crippen MR) is 137 cm³/mol. The van der Waals surface area contributed by atoms with Gasteiger partial charge in [0.1, 0.15) is 7.05 Å². The van der Waals surface area contributed by atoms with Crippen molar-refractivity contribution >= 4 is 21.5 Å². The summed E-state index contributed by atoms with van der Waals surface area (Å²) >= 11 is 0. The minimum Gasteiger partial charge on any atom is -0.200 e. The molecule has 0 N–H and O–H groups in total. The van der Waals surface area contributed by atoms with E-state index in [0.29, 0.717) is 11.3 Å². The number of fused-ring (bicyclic) bond motifs is 3. The van der Waals surface area contributed by atoms with Crippen LogP contribution in [0.3, 0.4) is 0 Å². The lowest BCUT2D eigenvalue weighted by Crippen LogP contribution is -2.30. The topological polar surface area (TPSA) is 3.88 Å². The molecule has 3 aromatic carbocycles. The number of rotatable bonds is 2. The van der Waals surface area contributed by atoms with Crippen molar-refractivity contribution in [2.45, 2.75) is 66.2 Å². The molecule has 164 valence electrons. The number of hydrogen-bond donors (Lipinski definition) is 0. The third kappa shape index (κ3) is 3.72. The van der Waals surface area contributed by atoms with E-state index >= 15 is 0 Å². The van der Waals surface area contributed by atoms with Crippen molar-refractivity contribution in [1.29, 1.82) is 0 Å². The average Bonchev–Trinajstić information content (AvgIpc) is 2.75. The van der Waals surface area contributed by atoms with Crippen LogP contribution < -0.4 is 4.57 Å². The number of hydrogen-bond acceptors (Lipinski definition) is 0. The number of nitrogens with zero attached hydrogens (tertiary/aromatic N) is 1. The molecule has 1 aliphatic carbocycles. The summed E-state index contributed by atoms with van der Waals surface area (Å²) < 4.78 is 2.29. The van der Waals surface area contributed by atoms with Gasteiger partial charge in [-0.2, -0.15) is 0 Å². The molecule has 0 bridgehead atoms. The molecule has 1 aliphatic rings. The highest BCUT2D eigenvalue weighted by Gasteiger charge is 2.27. The van der Waals surface area contributed by atoms with Gasteiger partial charge in [0.15, 0.2) is 6.20 Å². The van der Waals surface area contributed by atoms with Crippen LogP contribution in [0.15, 0.2) is 54.7 Å². The maximum absolute atomic E-state index is 2.50. The van der Waals surface area contributed by atoms with Crippen LogP contribution in [0.1, 0.15) is 67.7 Å². The highest BCUT2D eigenvalue weighted by Crippen LogP contribution is 2.43. The Morgan fingerprint density at radius 2 is 1.47 bits per heavy atom. The summed E-state index contributed by atoms with van der Waals surface area (Å²) in [5.74, 6) is 0.698. The molecule has 0 aliphatic heterocycles. The molecular weight excluding hydrogens is 386 g/mol. The molecule has 1 saturated carbocycles. The normalized spacial score (nSPS) is 16.7. The molecule has 1 heteroatoms. The Morgan fingerprint density at radius 3 is 2.22 bits per heavy atom. The van der Waals surface area contributed by atoms with Crippen molar-refractivity contribution in [3.63, 3.8) is 0 Å². The lowest BCUT2D eigenvalue weighted by atomic mass is 9.71. The van der Waals surface area contributed by atoms with Gasteiger partial charge in [-0.15, -0.1) is 0 Å². The molecule has 1 fully saturated rings. The van der Waals surface area contributed by atoms with Crippen LogP contribution in [0.5, 0.6) is 0 Å². The molecule has 0 radical (unpaired) electrons. The Balaban J connectivity index is 1.68. The lowest BCUT2D eigenvalue weighted by Gasteiger charge is -2.34. The first-order valence-corrected chi connectivity index (χ1v) is 12.2. The first-order chi connectivity index (χ1) is 15.2. The van der Waals surface area contributed by atoms with E-state index in [9.17, 15) is 0 Å². The fraction of sp³-hybridized carbons (Fsp3) is 0.387. The highest BCUT2D eigenvalue weighted by atomic mass is 14.9. The van der Waals surface area contributed by atoms with Gasteiger partial charge in [0.2, 0.25) is 5.69 Å². The summed E-state index contributed by atoms with van der Waals surface area (Å²) in [6.45, 7) is 11.5. The van der Waals surface area contributed by atoms with E-state index in [4.69, 9.17) is 0 Å². The van der Waals surface area contributed by atoms with E-state index < -0.39 is 0 Å². The molecule has 1 aromatic heterocycles. The average molecular weight is 423 g/mol. The standard InChI is InChI=1S/C31H36N/c1-20-15-21(2)22(3)27(16-20)30-18-29-26(19-32(30)6)10-8-24-7-9-25(17-28(24)29)23-11-13-31(4,5)14-12-23/h7-10,15-19,23H,11-14H2,1-6H3/q+1. The van der Waals surface area contributed by atoms with Crippen molar-refractivity contribution in [3.05, 3.63) is 77.0 Å². The second-order valence-corrected chi connectivity index (χ2v) is 11.0. The summed E-state index contributed by atoms with van der Waals surface area (Å²) in [7, 11) is 2.18. The van der Waals surface area contributed by atoms with Gasteiger partial charge in [0.25, 0.3) is 0 Å². The van der Waals surface area contributed by atoms with Crippen molar-refractivity contribution in [3.8, 4) is 11.3 Å². The van der Waals surface area contributed by atoms with Crippen molar-refractivity contribution < 1.29 is 4.57 Å².